The number of carbonyl (C=O) groups is 1. The van der Waals surface area contributed by atoms with Crippen LogP contribution in [0.4, 0.5) is 0 Å². The largest absolute Gasteiger partial charge is 0.466 e. The highest BCUT2D eigenvalue weighted by atomic mass is 16.3. The maximum absolute atomic E-state index is 11.8. The van der Waals surface area contributed by atoms with Crippen molar-refractivity contribution in [1.29, 1.82) is 0 Å². The van der Waals surface area contributed by atoms with Gasteiger partial charge in [-0.2, -0.15) is 0 Å². The van der Waals surface area contributed by atoms with E-state index in [0.29, 0.717) is 13.0 Å². The summed E-state index contributed by atoms with van der Waals surface area (Å²) in [5, 5.41) is 6.71. The first-order chi connectivity index (χ1) is 11.0. The Bertz CT molecular complexity index is 565. The Morgan fingerprint density at radius 1 is 1.43 bits per heavy atom. The third-order valence-electron chi connectivity index (χ3n) is 4.08. The molecule has 2 rings (SSSR count). The normalized spacial score (nSPS) is 18.3. The predicted octanol–water partition coefficient (Wildman–Crippen LogP) is 1.96. The van der Waals surface area contributed by atoms with Gasteiger partial charge in [-0.25, -0.2) is 4.99 Å². The van der Waals surface area contributed by atoms with Gasteiger partial charge in [0.25, 0.3) is 0 Å². The second kappa shape index (κ2) is 8.04. The molecule has 2 N–H and O–H groups in total. The van der Waals surface area contributed by atoms with Gasteiger partial charge in [-0.05, 0) is 33.3 Å². The van der Waals surface area contributed by atoms with Gasteiger partial charge < -0.3 is 20.0 Å². The Hall–Kier alpha value is -1.98. The molecule has 0 aromatic carbocycles. The summed E-state index contributed by atoms with van der Waals surface area (Å²) in [4.78, 5) is 18.3. The summed E-state index contributed by atoms with van der Waals surface area (Å²) in [6.07, 6.45) is 1.53. The molecule has 128 valence electrons. The number of aliphatic imine (C=N–C) groups is 1. The van der Waals surface area contributed by atoms with Gasteiger partial charge in [0.15, 0.2) is 5.96 Å². The molecule has 0 radical (unpaired) electrons. The van der Waals surface area contributed by atoms with Crippen molar-refractivity contribution in [2.24, 2.45) is 4.99 Å². The first kappa shape index (κ1) is 17.4. The van der Waals surface area contributed by atoms with Crippen LogP contribution in [0.15, 0.2) is 15.5 Å². The number of hydrogen-bond acceptors (Lipinski definition) is 3. The second-order valence-electron chi connectivity index (χ2n) is 5.96. The fourth-order valence-corrected chi connectivity index (χ4v) is 2.85. The maximum Gasteiger partial charge on any atom is 0.222 e. The molecule has 1 saturated heterocycles. The van der Waals surface area contributed by atoms with Crippen LogP contribution in [0, 0.1) is 13.8 Å². The third-order valence-corrected chi connectivity index (χ3v) is 4.08. The number of nitrogens with zero attached hydrogens (tertiary/aromatic N) is 2. The number of carbonyl (C=O) groups excluding carboxylic acids is 1. The molecular formula is C17H28N4O2. The summed E-state index contributed by atoms with van der Waals surface area (Å²) in [6.45, 7) is 10.8. The molecular weight excluding hydrogens is 292 g/mol. The molecule has 1 atom stereocenters. The first-order valence-corrected chi connectivity index (χ1v) is 8.42. The molecule has 1 aliphatic heterocycles. The summed E-state index contributed by atoms with van der Waals surface area (Å²) in [6, 6.07) is 2.29. The summed E-state index contributed by atoms with van der Waals surface area (Å²) in [5.41, 5.74) is 1.11. The molecule has 6 heteroatoms. The number of furan rings is 1. The lowest BCUT2D eigenvalue weighted by atomic mass is 10.2. The average Bonchev–Trinajstić information content (AvgIpc) is 3.10. The van der Waals surface area contributed by atoms with E-state index in [0.717, 1.165) is 49.1 Å². The van der Waals surface area contributed by atoms with Crippen LogP contribution in [0.3, 0.4) is 0 Å². The molecule has 1 unspecified atom stereocenters. The molecule has 1 aliphatic rings. The van der Waals surface area contributed by atoms with Crippen molar-refractivity contribution < 1.29 is 9.21 Å². The monoisotopic (exact) mass is 320 g/mol. The van der Waals surface area contributed by atoms with Crippen LogP contribution < -0.4 is 10.6 Å². The number of aryl methyl sites for hydroxylation is 2. The molecule has 1 aromatic heterocycles. The zero-order valence-electron chi connectivity index (χ0n) is 14.6. The molecule has 1 amide bonds. The molecule has 6 nitrogen and oxygen atoms in total. The van der Waals surface area contributed by atoms with E-state index in [1.165, 1.54) is 0 Å². The van der Waals surface area contributed by atoms with Gasteiger partial charge in [0.1, 0.15) is 11.5 Å². The summed E-state index contributed by atoms with van der Waals surface area (Å²) < 4.78 is 5.54. The molecule has 23 heavy (non-hydrogen) atoms. The number of nitrogens with one attached hydrogen (secondary N) is 2. The molecule has 0 saturated carbocycles. The summed E-state index contributed by atoms with van der Waals surface area (Å²) >= 11 is 0. The van der Waals surface area contributed by atoms with Crippen molar-refractivity contribution in [3.05, 3.63) is 23.2 Å². The highest BCUT2D eigenvalue weighted by Crippen LogP contribution is 2.15. The number of hydrogen-bond donors (Lipinski definition) is 2. The van der Waals surface area contributed by atoms with E-state index in [1.807, 2.05) is 38.7 Å². The van der Waals surface area contributed by atoms with E-state index in [9.17, 15) is 4.79 Å². The number of likely N-dealkylation sites (tertiary alicyclic amines) is 1. The van der Waals surface area contributed by atoms with Crippen molar-refractivity contribution in [1.82, 2.24) is 15.5 Å². The SMILES string of the molecule is CCNC(=NCc1cc(C)oc1C)NC1CCN(C(=O)CC)C1. The van der Waals surface area contributed by atoms with E-state index in [2.05, 4.69) is 15.6 Å². The Morgan fingerprint density at radius 3 is 2.83 bits per heavy atom. The molecule has 2 heterocycles. The van der Waals surface area contributed by atoms with Crippen molar-refractivity contribution in [3.8, 4) is 0 Å². The van der Waals surface area contributed by atoms with Crippen LogP contribution in [0.25, 0.3) is 0 Å². The Kier molecular flexibility index (Phi) is 6.07. The smallest absolute Gasteiger partial charge is 0.222 e. The van der Waals surface area contributed by atoms with Crippen LogP contribution in [-0.2, 0) is 11.3 Å². The van der Waals surface area contributed by atoms with Crippen molar-refractivity contribution in [2.45, 2.75) is 53.1 Å². The standard InChI is InChI=1S/C17H28N4O2/c1-5-16(22)21-8-7-15(11-21)20-17(18-6-2)19-10-14-9-12(3)23-13(14)4/h9,15H,5-8,10-11H2,1-4H3,(H2,18,19,20). The van der Waals surface area contributed by atoms with Gasteiger partial charge in [0, 0.05) is 37.7 Å². The highest BCUT2D eigenvalue weighted by Gasteiger charge is 2.25. The molecule has 0 spiro atoms. The predicted molar refractivity (Wildman–Crippen MR) is 91.4 cm³/mol. The van der Waals surface area contributed by atoms with Gasteiger partial charge in [0.05, 0.1) is 6.54 Å². The average molecular weight is 320 g/mol. The van der Waals surface area contributed by atoms with E-state index < -0.39 is 0 Å². The quantitative estimate of drug-likeness (QED) is 0.643. The zero-order valence-corrected chi connectivity index (χ0v) is 14.6. The summed E-state index contributed by atoms with van der Waals surface area (Å²) in [7, 11) is 0. The van der Waals surface area contributed by atoms with Gasteiger partial charge in [-0.3, -0.25) is 4.79 Å². The topological polar surface area (TPSA) is 69.9 Å². The van der Waals surface area contributed by atoms with Crippen LogP contribution in [0.1, 0.15) is 43.8 Å². The molecule has 0 bridgehead atoms. The Balaban J connectivity index is 1.95. The van der Waals surface area contributed by atoms with Crippen LogP contribution in [0.5, 0.6) is 0 Å². The fourth-order valence-electron chi connectivity index (χ4n) is 2.85. The number of amides is 1. The number of guanidine groups is 1. The fraction of sp³-hybridized carbons (Fsp3) is 0.647. The van der Waals surface area contributed by atoms with Crippen molar-refractivity contribution in [2.75, 3.05) is 19.6 Å². The highest BCUT2D eigenvalue weighted by molar-refractivity contribution is 5.80. The first-order valence-electron chi connectivity index (χ1n) is 8.42. The van der Waals surface area contributed by atoms with E-state index >= 15 is 0 Å². The Morgan fingerprint density at radius 2 is 2.22 bits per heavy atom. The van der Waals surface area contributed by atoms with Crippen LogP contribution in [-0.4, -0.2) is 42.4 Å². The maximum atomic E-state index is 11.8. The van der Waals surface area contributed by atoms with Crippen LogP contribution >= 0.6 is 0 Å². The van der Waals surface area contributed by atoms with Crippen LogP contribution in [0.2, 0.25) is 0 Å². The van der Waals surface area contributed by atoms with Gasteiger partial charge in [0.2, 0.25) is 5.91 Å². The molecule has 1 aromatic rings. The third kappa shape index (κ3) is 4.74. The molecule has 1 fully saturated rings. The molecule has 0 aliphatic carbocycles. The van der Waals surface area contributed by atoms with Gasteiger partial charge in [-0.15, -0.1) is 0 Å². The van der Waals surface area contributed by atoms with Gasteiger partial charge >= 0.3 is 0 Å². The van der Waals surface area contributed by atoms with Gasteiger partial charge in [-0.1, -0.05) is 6.92 Å². The lowest BCUT2D eigenvalue weighted by Gasteiger charge is -2.18. The van der Waals surface area contributed by atoms with E-state index in [-0.39, 0.29) is 11.9 Å². The Labute approximate surface area is 138 Å². The lowest BCUT2D eigenvalue weighted by Crippen LogP contribution is -2.45. The second-order valence-corrected chi connectivity index (χ2v) is 5.96. The van der Waals surface area contributed by atoms with Crippen molar-refractivity contribution >= 4 is 11.9 Å². The van der Waals surface area contributed by atoms with Crippen molar-refractivity contribution in [3.63, 3.8) is 0 Å². The minimum Gasteiger partial charge on any atom is -0.466 e. The minimum absolute atomic E-state index is 0.223. The lowest BCUT2D eigenvalue weighted by molar-refractivity contribution is -0.129. The van der Waals surface area contributed by atoms with E-state index in [1.54, 1.807) is 0 Å². The zero-order chi connectivity index (χ0) is 16.8. The minimum atomic E-state index is 0.223. The number of rotatable bonds is 5. The summed E-state index contributed by atoms with van der Waals surface area (Å²) in [5.74, 6) is 2.85. The van der Waals surface area contributed by atoms with E-state index in [4.69, 9.17) is 4.42 Å².